The van der Waals surface area contributed by atoms with Gasteiger partial charge in [-0.05, 0) is 30.8 Å². The number of ether oxygens (including phenoxy) is 1. The molecule has 2 rings (SSSR count). The summed E-state index contributed by atoms with van der Waals surface area (Å²) in [5.74, 6) is -0.586. The zero-order chi connectivity index (χ0) is 14.0. The van der Waals surface area contributed by atoms with Crippen molar-refractivity contribution in [2.24, 2.45) is 0 Å². The number of fused-ring (bicyclic) bond motifs is 1. The SMILES string of the molecule is CCC[C@@H](C(=S)OC)N1C(=O)c2ccccc2C1=O. The van der Waals surface area contributed by atoms with Gasteiger partial charge in [0.15, 0.2) is 5.05 Å². The number of amides is 2. The molecule has 4 nitrogen and oxygen atoms in total. The van der Waals surface area contributed by atoms with Gasteiger partial charge in [0.1, 0.15) is 6.04 Å². The minimum atomic E-state index is -0.475. The summed E-state index contributed by atoms with van der Waals surface area (Å²) in [6.45, 7) is 1.98. The summed E-state index contributed by atoms with van der Waals surface area (Å²) in [7, 11) is 1.46. The summed E-state index contributed by atoms with van der Waals surface area (Å²) < 4.78 is 5.06. The second-order valence-electron chi connectivity index (χ2n) is 4.35. The van der Waals surface area contributed by atoms with Gasteiger partial charge in [-0.25, -0.2) is 0 Å². The molecule has 1 aromatic carbocycles. The molecule has 1 aliphatic heterocycles. The molecule has 1 heterocycles. The Morgan fingerprint density at radius 2 is 1.79 bits per heavy atom. The Labute approximate surface area is 117 Å². The van der Waals surface area contributed by atoms with Gasteiger partial charge in [-0.2, -0.15) is 0 Å². The lowest BCUT2D eigenvalue weighted by Gasteiger charge is -2.25. The molecule has 2 amide bonds. The van der Waals surface area contributed by atoms with Crippen LogP contribution in [0.15, 0.2) is 24.3 Å². The molecule has 1 atom stereocenters. The number of rotatable bonds is 4. The smallest absolute Gasteiger partial charge is 0.262 e. The molecule has 0 aromatic heterocycles. The molecule has 0 spiro atoms. The van der Waals surface area contributed by atoms with Crippen LogP contribution < -0.4 is 0 Å². The van der Waals surface area contributed by atoms with Crippen LogP contribution in [-0.4, -0.2) is 34.9 Å². The Hall–Kier alpha value is -1.75. The Kier molecular flexibility index (Phi) is 3.95. The lowest BCUT2D eigenvalue weighted by Crippen LogP contribution is -2.44. The zero-order valence-corrected chi connectivity index (χ0v) is 11.7. The fourth-order valence-electron chi connectivity index (χ4n) is 2.25. The molecule has 0 N–H and O–H groups in total. The van der Waals surface area contributed by atoms with E-state index in [1.165, 1.54) is 12.0 Å². The van der Waals surface area contributed by atoms with E-state index in [9.17, 15) is 9.59 Å². The molecule has 1 aliphatic rings. The fourth-order valence-corrected chi connectivity index (χ4v) is 2.48. The summed E-state index contributed by atoms with van der Waals surface area (Å²) in [4.78, 5) is 25.9. The van der Waals surface area contributed by atoms with E-state index in [1.807, 2.05) is 6.92 Å². The van der Waals surface area contributed by atoms with Gasteiger partial charge in [-0.3, -0.25) is 14.5 Å². The maximum Gasteiger partial charge on any atom is 0.262 e. The van der Waals surface area contributed by atoms with E-state index in [0.717, 1.165) is 6.42 Å². The lowest BCUT2D eigenvalue weighted by atomic mass is 10.1. The number of carbonyl (C=O) groups excluding carboxylic acids is 2. The van der Waals surface area contributed by atoms with Gasteiger partial charge < -0.3 is 4.74 Å². The van der Waals surface area contributed by atoms with E-state index in [0.29, 0.717) is 17.5 Å². The molecule has 5 heteroatoms. The maximum atomic E-state index is 12.3. The van der Waals surface area contributed by atoms with Crippen LogP contribution in [0.25, 0.3) is 0 Å². The van der Waals surface area contributed by atoms with Crippen LogP contribution in [0.3, 0.4) is 0 Å². The van der Waals surface area contributed by atoms with Crippen LogP contribution in [0.4, 0.5) is 0 Å². The number of benzene rings is 1. The second kappa shape index (κ2) is 5.48. The lowest BCUT2D eigenvalue weighted by molar-refractivity contribution is 0.0609. The highest BCUT2D eigenvalue weighted by Crippen LogP contribution is 2.26. The van der Waals surface area contributed by atoms with E-state index < -0.39 is 6.04 Å². The van der Waals surface area contributed by atoms with E-state index in [-0.39, 0.29) is 16.9 Å². The van der Waals surface area contributed by atoms with Crippen LogP contribution in [0, 0.1) is 0 Å². The van der Waals surface area contributed by atoms with E-state index in [4.69, 9.17) is 17.0 Å². The number of hydrogen-bond donors (Lipinski definition) is 0. The van der Waals surface area contributed by atoms with Crippen LogP contribution in [-0.2, 0) is 4.74 Å². The van der Waals surface area contributed by atoms with Gasteiger partial charge in [0, 0.05) is 0 Å². The first-order valence-corrected chi connectivity index (χ1v) is 6.57. The topological polar surface area (TPSA) is 46.6 Å². The Balaban J connectivity index is 2.39. The third-order valence-electron chi connectivity index (χ3n) is 3.17. The van der Waals surface area contributed by atoms with Crippen molar-refractivity contribution in [3.63, 3.8) is 0 Å². The number of methoxy groups -OCH3 is 1. The minimum Gasteiger partial charge on any atom is -0.488 e. The molecule has 100 valence electrons. The van der Waals surface area contributed by atoms with Crippen LogP contribution in [0.5, 0.6) is 0 Å². The molecule has 0 saturated carbocycles. The highest BCUT2D eigenvalue weighted by molar-refractivity contribution is 7.80. The Morgan fingerprint density at radius 1 is 1.26 bits per heavy atom. The molecule has 0 bridgehead atoms. The fraction of sp³-hybridized carbons (Fsp3) is 0.357. The largest absolute Gasteiger partial charge is 0.488 e. The van der Waals surface area contributed by atoms with Gasteiger partial charge in [-0.1, -0.05) is 25.5 Å². The Morgan fingerprint density at radius 3 is 2.21 bits per heavy atom. The standard InChI is InChI=1S/C14H15NO3S/c1-3-6-11(14(19)18-2)15-12(16)9-7-4-5-8-10(9)13(15)17/h4-5,7-8,11H,3,6H2,1-2H3/t11-/m0/s1. The maximum absolute atomic E-state index is 12.3. The second-order valence-corrected chi connectivity index (χ2v) is 4.76. The summed E-state index contributed by atoms with van der Waals surface area (Å²) in [5.41, 5.74) is 0.875. The van der Waals surface area contributed by atoms with Gasteiger partial charge in [-0.15, -0.1) is 0 Å². The predicted molar refractivity (Wildman–Crippen MR) is 75.2 cm³/mol. The van der Waals surface area contributed by atoms with Crippen molar-refractivity contribution in [3.05, 3.63) is 35.4 Å². The van der Waals surface area contributed by atoms with Crippen molar-refractivity contribution < 1.29 is 14.3 Å². The monoisotopic (exact) mass is 277 g/mol. The zero-order valence-electron chi connectivity index (χ0n) is 10.9. The highest BCUT2D eigenvalue weighted by Gasteiger charge is 2.41. The summed E-state index contributed by atoms with van der Waals surface area (Å²) in [6, 6.07) is 6.34. The normalized spacial score (nSPS) is 15.4. The van der Waals surface area contributed by atoms with Crippen molar-refractivity contribution in [1.82, 2.24) is 4.90 Å². The molecule has 0 radical (unpaired) electrons. The van der Waals surface area contributed by atoms with Crippen molar-refractivity contribution in [1.29, 1.82) is 0 Å². The summed E-state index contributed by atoms with van der Waals surface area (Å²) >= 11 is 5.13. The van der Waals surface area contributed by atoms with Crippen LogP contribution >= 0.6 is 12.2 Å². The third-order valence-corrected chi connectivity index (χ3v) is 3.61. The first-order valence-electron chi connectivity index (χ1n) is 6.16. The first kappa shape index (κ1) is 13.7. The summed E-state index contributed by atoms with van der Waals surface area (Å²) in [6.07, 6.45) is 1.42. The number of hydrogen-bond acceptors (Lipinski definition) is 4. The van der Waals surface area contributed by atoms with E-state index in [1.54, 1.807) is 24.3 Å². The average Bonchev–Trinajstić information content (AvgIpc) is 2.68. The third kappa shape index (κ3) is 2.26. The molecular weight excluding hydrogens is 262 g/mol. The number of thiocarbonyl (C=S) groups is 1. The van der Waals surface area contributed by atoms with Crippen molar-refractivity contribution in [2.45, 2.75) is 25.8 Å². The van der Waals surface area contributed by atoms with Crippen molar-refractivity contribution in [3.8, 4) is 0 Å². The highest BCUT2D eigenvalue weighted by atomic mass is 32.1. The van der Waals surface area contributed by atoms with Gasteiger partial charge in [0.05, 0.1) is 18.2 Å². The first-order chi connectivity index (χ1) is 9.11. The Bertz CT molecular complexity index is 506. The van der Waals surface area contributed by atoms with Crippen molar-refractivity contribution >= 4 is 29.1 Å². The van der Waals surface area contributed by atoms with E-state index >= 15 is 0 Å². The van der Waals surface area contributed by atoms with Crippen LogP contribution in [0.1, 0.15) is 40.5 Å². The van der Waals surface area contributed by atoms with Gasteiger partial charge >= 0.3 is 0 Å². The molecule has 1 aromatic rings. The predicted octanol–water partition coefficient (Wildman–Crippen LogP) is 2.43. The number of nitrogens with zero attached hydrogens (tertiary/aromatic N) is 1. The number of carbonyl (C=O) groups is 2. The molecule has 0 fully saturated rings. The quantitative estimate of drug-likeness (QED) is 0.626. The van der Waals surface area contributed by atoms with E-state index in [2.05, 4.69) is 0 Å². The summed E-state index contributed by atoms with van der Waals surface area (Å²) in [5, 5.41) is 0.274. The molecule has 0 unspecified atom stereocenters. The average molecular weight is 277 g/mol. The van der Waals surface area contributed by atoms with Gasteiger partial charge in [0.25, 0.3) is 11.8 Å². The molecule has 19 heavy (non-hydrogen) atoms. The van der Waals surface area contributed by atoms with Crippen molar-refractivity contribution in [2.75, 3.05) is 7.11 Å². The molecule has 0 aliphatic carbocycles. The van der Waals surface area contributed by atoms with Crippen LogP contribution in [0.2, 0.25) is 0 Å². The minimum absolute atomic E-state index is 0.274. The van der Waals surface area contributed by atoms with Gasteiger partial charge in [0.2, 0.25) is 0 Å². The molecular formula is C14H15NO3S. The molecule has 0 saturated heterocycles. The number of imide groups is 1.